The van der Waals surface area contributed by atoms with E-state index < -0.39 is 29.3 Å². The van der Waals surface area contributed by atoms with Crippen LogP contribution >= 0.6 is 0 Å². The number of hydrogen-bond acceptors (Lipinski definition) is 9. The number of nitrogens with zero attached hydrogens (tertiary/aromatic N) is 2. The normalized spacial score (nSPS) is 15.0. The molecule has 2 aromatic carbocycles. The number of carbonyl (C=O) groups is 3. The van der Waals surface area contributed by atoms with Crippen molar-refractivity contribution >= 4 is 34.8 Å². The molecule has 12 heteroatoms. The van der Waals surface area contributed by atoms with Crippen LogP contribution in [-0.2, 0) is 19.1 Å². The highest BCUT2D eigenvalue weighted by Crippen LogP contribution is 2.36. The van der Waals surface area contributed by atoms with E-state index in [0.29, 0.717) is 22.9 Å². The molecule has 180 valence electrons. The topological polar surface area (TPSA) is 147 Å². The zero-order valence-corrected chi connectivity index (χ0v) is 18.7. The van der Waals surface area contributed by atoms with E-state index in [2.05, 4.69) is 5.32 Å². The molecule has 1 saturated heterocycles. The average Bonchev–Trinajstić information content (AvgIpc) is 3.23. The van der Waals surface area contributed by atoms with Crippen molar-refractivity contribution in [2.75, 3.05) is 44.7 Å². The van der Waals surface area contributed by atoms with Gasteiger partial charge in [0.25, 0.3) is 11.6 Å². The van der Waals surface area contributed by atoms with Gasteiger partial charge in [-0.15, -0.1) is 0 Å². The van der Waals surface area contributed by atoms with E-state index in [1.807, 2.05) is 0 Å². The van der Waals surface area contributed by atoms with Gasteiger partial charge in [-0.05, 0) is 18.2 Å². The smallest absolute Gasteiger partial charge is 0.311 e. The Morgan fingerprint density at radius 1 is 1.09 bits per heavy atom. The van der Waals surface area contributed by atoms with Crippen molar-refractivity contribution in [2.24, 2.45) is 5.92 Å². The summed E-state index contributed by atoms with van der Waals surface area (Å²) in [5, 5.41) is 13.5. The van der Waals surface area contributed by atoms with Gasteiger partial charge in [0.15, 0.2) is 6.61 Å². The Balaban J connectivity index is 1.62. The van der Waals surface area contributed by atoms with Crippen molar-refractivity contribution in [3.8, 4) is 17.2 Å². The van der Waals surface area contributed by atoms with Crippen molar-refractivity contribution in [1.82, 2.24) is 0 Å². The fourth-order valence-corrected chi connectivity index (χ4v) is 3.45. The van der Waals surface area contributed by atoms with Crippen LogP contribution < -0.4 is 24.4 Å². The molecule has 1 aliphatic rings. The molecule has 0 unspecified atom stereocenters. The van der Waals surface area contributed by atoms with Crippen LogP contribution in [0.15, 0.2) is 36.4 Å². The largest absolute Gasteiger partial charge is 0.497 e. The lowest BCUT2D eigenvalue weighted by Gasteiger charge is -2.20. The summed E-state index contributed by atoms with van der Waals surface area (Å²) in [6.07, 6.45) is -0.100. The fourth-order valence-electron chi connectivity index (χ4n) is 3.45. The molecule has 1 heterocycles. The number of hydrogen-bond donors (Lipinski definition) is 1. The van der Waals surface area contributed by atoms with Crippen LogP contribution in [0.3, 0.4) is 0 Å². The molecule has 1 fully saturated rings. The van der Waals surface area contributed by atoms with E-state index in [4.69, 9.17) is 18.9 Å². The Bertz CT molecular complexity index is 1120. The van der Waals surface area contributed by atoms with Gasteiger partial charge in [0.05, 0.1) is 37.9 Å². The summed E-state index contributed by atoms with van der Waals surface area (Å²) in [6.45, 7) is -0.632. The summed E-state index contributed by atoms with van der Waals surface area (Å²) in [7, 11) is 4.34. The van der Waals surface area contributed by atoms with Crippen molar-refractivity contribution in [3.05, 3.63) is 46.5 Å². The van der Waals surface area contributed by atoms with E-state index >= 15 is 0 Å². The summed E-state index contributed by atoms with van der Waals surface area (Å²) < 4.78 is 20.5. The SMILES string of the molecule is COc1ccc([N+](=O)[O-])c(NC(=O)COC(=O)[C@H]2CC(=O)N(c3ccc(OC)cc3OC)C2)c1. The maximum atomic E-state index is 12.5. The maximum absolute atomic E-state index is 12.5. The number of carbonyl (C=O) groups excluding carboxylic acids is 3. The Labute approximate surface area is 194 Å². The molecular weight excluding hydrogens is 450 g/mol. The lowest BCUT2D eigenvalue weighted by Crippen LogP contribution is -2.28. The highest BCUT2D eigenvalue weighted by atomic mass is 16.6. The predicted octanol–water partition coefficient (Wildman–Crippen LogP) is 2.16. The molecule has 1 atom stereocenters. The second-order valence-corrected chi connectivity index (χ2v) is 7.24. The highest BCUT2D eigenvalue weighted by molar-refractivity contribution is 6.01. The van der Waals surface area contributed by atoms with Gasteiger partial charge < -0.3 is 29.2 Å². The van der Waals surface area contributed by atoms with E-state index in [0.717, 1.165) is 0 Å². The number of methoxy groups -OCH3 is 3. The van der Waals surface area contributed by atoms with E-state index in [-0.39, 0.29) is 30.2 Å². The summed E-state index contributed by atoms with van der Waals surface area (Å²) in [5.74, 6) is -1.36. The summed E-state index contributed by atoms with van der Waals surface area (Å²) in [4.78, 5) is 49.2. The summed E-state index contributed by atoms with van der Waals surface area (Å²) in [6, 6.07) is 8.79. The number of nitro benzene ring substituents is 1. The van der Waals surface area contributed by atoms with E-state index in [1.165, 1.54) is 44.4 Å². The molecule has 34 heavy (non-hydrogen) atoms. The molecule has 1 N–H and O–H groups in total. The number of benzene rings is 2. The van der Waals surface area contributed by atoms with Gasteiger partial charge in [-0.1, -0.05) is 0 Å². The Morgan fingerprint density at radius 2 is 1.76 bits per heavy atom. The third-order valence-electron chi connectivity index (χ3n) is 5.16. The molecule has 1 aliphatic heterocycles. The lowest BCUT2D eigenvalue weighted by atomic mass is 10.1. The third-order valence-corrected chi connectivity index (χ3v) is 5.16. The third kappa shape index (κ3) is 5.34. The molecule has 2 aromatic rings. The Kier molecular flexibility index (Phi) is 7.51. The minimum Gasteiger partial charge on any atom is -0.497 e. The highest BCUT2D eigenvalue weighted by Gasteiger charge is 2.37. The number of nitro groups is 1. The standard InChI is InChI=1S/C22H23N3O9/c1-31-14-4-6-17(25(29)30)16(9-14)23-20(26)12-34-22(28)13-8-21(27)24(11-13)18-7-5-15(32-2)10-19(18)33-3/h4-7,9-10,13H,8,11-12H2,1-3H3,(H,23,26)/t13-/m0/s1. The van der Waals surface area contributed by atoms with Crippen LogP contribution in [0.1, 0.15) is 6.42 Å². The van der Waals surface area contributed by atoms with Crippen LogP contribution in [0.25, 0.3) is 0 Å². The zero-order chi connectivity index (χ0) is 24.8. The minimum absolute atomic E-state index is 0.0450. The summed E-state index contributed by atoms with van der Waals surface area (Å²) in [5.41, 5.74) is 0.0387. The van der Waals surface area contributed by atoms with Crippen molar-refractivity contribution < 1.29 is 38.3 Å². The van der Waals surface area contributed by atoms with Crippen LogP contribution in [-0.4, -0.2) is 57.2 Å². The molecule has 12 nitrogen and oxygen atoms in total. The van der Waals surface area contributed by atoms with Gasteiger partial charge in [0.2, 0.25) is 5.91 Å². The predicted molar refractivity (Wildman–Crippen MR) is 119 cm³/mol. The number of amides is 2. The molecule has 0 aromatic heterocycles. The first-order chi connectivity index (χ1) is 16.3. The number of ether oxygens (including phenoxy) is 4. The molecule has 0 radical (unpaired) electrons. The fraction of sp³-hybridized carbons (Fsp3) is 0.318. The first-order valence-electron chi connectivity index (χ1n) is 10.1. The van der Waals surface area contributed by atoms with Gasteiger partial charge in [0.1, 0.15) is 22.9 Å². The van der Waals surface area contributed by atoms with Crippen molar-refractivity contribution in [3.63, 3.8) is 0 Å². The molecule has 0 spiro atoms. The van der Waals surface area contributed by atoms with Crippen LogP contribution in [0.5, 0.6) is 17.2 Å². The van der Waals surface area contributed by atoms with Crippen LogP contribution in [0.2, 0.25) is 0 Å². The lowest BCUT2D eigenvalue weighted by molar-refractivity contribution is -0.383. The van der Waals surface area contributed by atoms with Gasteiger partial charge in [0, 0.05) is 31.2 Å². The van der Waals surface area contributed by atoms with Gasteiger partial charge >= 0.3 is 5.97 Å². The van der Waals surface area contributed by atoms with E-state index in [9.17, 15) is 24.5 Å². The van der Waals surface area contributed by atoms with Crippen LogP contribution in [0, 0.1) is 16.0 Å². The van der Waals surface area contributed by atoms with Gasteiger partial charge in [-0.25, -0.2) is 0 Å². The van der Waals surface area contributed by atoms with E-state index in [1.54, 1.807) is 18.2 Å². The number of esters is 1. The second-order valence-electron chi connectivity index (χ2n) is 7.24. The Morgan fingerprint density at radius 3 is 2.41 bits per heavy atom. The quantitative estimate of drug-likeness (QED) is 0.329. The Hall–Kier alpha value is -4.35. The number of anilines is 2. The molecule has 0 bridgehead atoms. The second kappa shape index (κ2) is 10.5. The first kappa shape index (κ1) is 24.3. The van der Waals surface area contributed by atoms with Gasteiger partial charge in [-0.3, -0.25) is 24.5 Å². The summed E-state index contributed by atoms with van der Waals surface area (Å²) >= 11 is 0. The molecule has 2 amide bonds. The zero-order valence-electron chi connectivity index (χ0n) is 18.7. The molecule has 0 saturated carbocycles. The number of nitrogens with one attached hydrogen (secondary N) is 1. The van der Waals surface area contributed by atoms with Crippen LogP contribution in [0.4, 0.5) is 17.1 Å². The average molecular weight is 473 g/mol. The maximum Gasteiger partial charge on any atom is 0.311 e. The van der Waals surface area contributed by atoms with Gasteiger partial charge in [-0.2, -0.15) is 0 Å². The molecular formula is C22H23N3O9. The van der Waals surface area contributed by atoms with Crippen molar-refractivity contribution in [2.45, 2.75) is 6.42 Å². The van der Waals surface area contributed by atoms with Crippen molar-refractivity contribution in [1.29, 1.82) is 0 Å². The number of rotatable bonds is 9. The first-order valence-corrected chi connectivity index (χ1v) is 10.1. The molecule has 0 aliphatic carbocycles. The minimum atomic E-state index is -0.793. The monoisotopic (exact) mass is 473 g/mol. The molecule has 3 rings (SSSR count).